The molecule has 0 radical (unpaired) electrons. The van der Waals surface area contributed by atoms with Crippen molar-refractivity contribution in [3.05, 3.63) is 69.8 Å². The van der Waals surface area contributed by atoms with E-state index in [-0.39, 0.29) is 18.1 Å². The molecular weight excluding hydrogens is 348 g/mol. The quantitative estimate of drug-likeness (QED) is 0.847. The van der Waals surface area contributed by atoms with Gasteiger partial charge >= 0.3 is 0 Å². The van der Waals surface area contributed by atoms with E-state index in [0.717, 1.165) is 18.7 Å². The van der Waals surface area contributed by atoms with Crippen molar-refractivity contribution in [2.24, 2.45) is 0 Å². The minimum Gasteiger partial charge on any atom is -0.372 e. The zero-order valence-electron chi connectivity index (χ0n) is 17.7. The van der Waals surface area contributed by atoms with Gasteiger partial charge in [0.1, 0.15) is 0 Å². The second-order valence-electron chi connectivity index (χ2n) is 8.15. The van der Waals surface area contributed by atoms with Gasteiger partial charge in [0, 0.05) is 31.7 Å². The Morgan fingerprint density at radius 2 is 1.57 bits per heavy atom. The first-order valence-corrected chi connectivity index (χ1v) is 10.1. The van der Waals surface area contributed by atoms with Crippen LogP contribution in [-0.2, 0) is 17.8 Å². The fourth-order valence-electron chi connectivity index (χ4n) is 4.11. The zero-order valence-corrected chi connectivity index (χ0v) is 17.7. The average molecular weight is 381 g/mol. The van der Waals surface area contributed by atoms with Crippen molar-refractivity contribution in [2.45, 2.75) is 59.9 Å². The highest BCUT2D eigenvalue weighted by atomic mass is 16.5. The van der Waals surface area contributed by atoms with Crippen LogP contribution in [0, 0.1) is 20.8 Å². The summed E-state index contributed by atoms with van der Waals surface area (Å²) in [4.78, 5) is 14.7. The molecule has 150 valence electrons. The number of hydrogen-bond acceptors (Lipinski definition) is 3. The summed E-state index contributed by atoms with van der Waals surface area (Å²) in [5.74, 6) is 0.0902. The van der Waals surface area contributed by atoms with Gasteiger partial charge in [0.25, 0.3) is 5.91 Å². The van der Waals surface area contributed by atoms with Crippen LogP contribution in [0.5, 0.6) is 0 Å². The Kier molecular flexibility index (Phi) is 6.53. The maximum Gasteiger partial charge on any atom is 0.254 e. The number of morpholine rings is 1. The molecule has 1 aliphatic rings. The molecule has 0 aromatic heterocycles. The highest BCUT2D eigenvalue weighted by Crippen LogP contribution is 2.17. The normalized spacial score (nSPS) is 19.7. The van der Waals surface area contributed by atoms with Gasteiger partial charge < -0.3 is 15.0 Å². The Bertz CT molecular complexity index is 796. The van der Waals surface area contributed by atoms with Crippen LogP contribution in [0.1, 0.15) is 52.0 Å². The molecule has 2 atom stereocenters. The minimum atomic E-state index is 0.0878. The van der Waals surface area contributed by atoms with Crippen molar-refractivity contribution < 1.29 is 9.53 Å². The van der Waals surface area contributed by atoms with Gasteiger partial charge in [-0.25, -0.2) is 0 Å². The van der Waals surface area contributed by atoms with E-state index >= 15 is 0 Å². The molecule has 2 aromatic carbocycles. The molecule has 1 heterocycles. The first-order chi connectivity index (χ1) is 13.3. The number of amides is 1. The maximum atomic E-state index is 12.8. The van der Waals surface area contributed by atoms with Gasteiger partial charge in [0.15, 0.2) is 0 Å². The largest absolute Gasteiger partial charge is 0.372 e. The lowest BCUT2D eigenvalue weighted by Gasteiger charge is -2.35. The van der Waals surface area contributed by atoms with Crippen molar-refractivity contribution in [2.75, 3.05) is 13.1 Å². The van der Waals surface area contributed by atoms with Crippen molar-refractivity contribution in [1.82, 2.24) is 10.2 Å². The smallest absolute Gasteiger partial charge is 0.254 e. The van der Waals surface area contributed by atoms with Gasteiger partial charge in [-0.3, -0.25) is 4.79 Å². The Balaban J connectivity index is 1.57. The number of nitrogens with zero attached hydrogens (tertiary/aromatic N) is 1. The molecule has 3 rings (SSSR count). The first kappa shape index (κ1) is 20.6. The van der Waals surface area contributed by atoms with Crippen LogP contribution in [0.15, 0.2) is 36.4 Å². The lowest BCUT2D eigenvalue weighted by molar-refractivity contribution is -0.0586. The number of carbonyl (C=O) groups is 1. The molecule has 0 saturated carbocycles. The lowest BCUT2D eigenvalue weighted by atomic mass is 10.00. The predicted octanol–water partition coefficient (Wildman–Crippen LogP) is 4.15. The fraction of sp³-hybridized carbons (Fsp3) is 0.458. The monoisotopic (exact) mass is 380 g/mol. The highest BCUT2D eigenvalue weighted by molar-refractivity contribution is 5.94. The summed E-state index contributed by atoms with van der Waals surface area (Å²) in [6, 6.07) is 12.4. The molecule has 0 bridgehead atoms. The maximum absolute atomic E-state index is 12.8. The van der Waals surface area contributed by atoms with E-state index in [0.29, 0.717) is 13.1 Å². The molecule has 2 unspecified atom stereocenters. The van der Waals surface area contributed by atoms with E-state index in [1.54, 1.807) is 0 Å². The van der Waals surface area contributed by atoms with E-state index in [9.17, 15) is 4.79 Å². The Labute approximate surface area is 168 Å². The number of rotatable bonds is 5. The summed E-state index contributed by atoms with van der Waals surface area (Å²) in [5.41, 5.74) is 7.27. The molecule has 1 amide bonds. The third-order valence-corrected chi connectivity index (χ3v) is 5.38. The van der Waals surface area contributed by atoms with Crippen LogP contribution in [-0.4, -0.2) is 36.1 Å². The number of hydrogen-bond donors (Lipinski definition) is 1. The topological polar surface area (TPSA) is 41.6 Å². The molecule has 4 nitrogen and oxygen atoms in total. The summed E-state index contributed by atoms with van der Waals surface area (Å²) in [6.45, 7) is 13.5. The summed E-state index contributed by atoms with van der Waals surface area (Å²) >= 11 is 0. The van der Waals surface area contributed by atoms with Gasteiger partial charge in [0.2, 0.25) is 0 Å². The molecule has 0 spiro atoms. The van der Waals surface area contributed by atoms with Crippen molar-refractivity contribution in [3.8, 4) is 0 Å². The SMILES string of the molecule is Cc1cc(C)c(CNCc2ccc(C(=O)N3CC(C)OC(C)C3)cc2)c(C)c1. The van der Waals surface area contributed by atoms with E-state index in [4.69, 9.17) is 4.74 Å². The number of nitrogens with one attached hydrogen (secondary N) is 1. The van der Waals surface area contributed by atoms with Crippen LogP contribution < -0.4 is 5.32 Å². The standard InChI is InChI=1S/C24H32N2O2/c1-16-10-17(2)23(18(3)11-16)13-25-12-21-6-8-22(9-7-21)24(27)26-14-19(4)28-20(5)15-26/h6-11,19-20,25H,12-15H2,1-5H3. The molecule has 0 aliphatic carbocycles. The highest BCUT2D eigenvalue weighted by Gasteiger charge is 2.26. The second kappa shape index (κ2) is 8.89. The minimum absolute atomic E-state index is 0.0878. The van der Waals surface area contributed by atoms with Gasteiger partial charge in [-0.15, -0.1) is 0 Å². The Morgan fingerprint density at radius 1 is 1.00 bits per heavy atom. The molecule has 4 heteroatoms. The van der Waals surface area contributed by atoms with Gasteiger partial charge in [0.05, 0.1) is 12.2 Å². The van der Waals surface area contributed by atoms with E-state index in [1.165, 1.54) is 27.8 Å². The fourth-order valence-corrected chi connectivity index (χ4v) is 4.11. The van der Waals surface area contributed by atoms with Gasteiger partial charge in [-0.1, -0.05) is 29.8 Å². The average Bonchev–Trinajstić information content (AvgIpc) is 2.63. The number of aryl methyl sites for hydroxylation is 3. The molecule has 28 heavy (non-hydrogen) atoms. The zero-order chi connectivity index (χ0) is 20.3. The molecule has 1 fully saturated rings. The molecule has 1 N–H and O–H groups in total. The second-order valence-corrected chi connectivity index (χ2v) is 8.15. The van der Waals surface area contributed by atoms with Crippen LogP contribution in [0.2, 0.25) is 0 Å². The van der Waals surface area contributed by atoms with E-state index in [1.807, 2.05) is 43.0 Å². The Hall–Kier alpha value is -2.17. The summed E-state index contributed by atoms with van der Waals surface area (Å²) in [6.07, 6.45) is 0.176. The number of benzene rings is 2. The third-order valence-electron chi connectivity index (χ3n) is 5.38. The van der Waals surface area contributed by atoms with Crippen LogP contribution >= 0.6 is 0 Å². The van der Waals surface area contributed by atoms with Crippen LogP contribution in [0.4, 0.5) is 0 Å². The van der Waals surface area contributed by atoms with Gasteiger partial charge in [-0.05, 0) is 69.0 Å². The lowest BCUT2D eigenvalue weighted by Crippen LogP contribution is -2.48. The molecule has 1 aliphatic heterocycles. The van der Waals surface area contributed by atoms with Crippen LogP contribution in [0.3, 0.4) is 0 Å². The number of ether oxygens (including phenoxy) is 1. The predicted molar refractivity (Wildman–Crippen MR) is 114 cm³/mol. The third kappa shape index (κ3) is 5.00. The van der Waals surface area contributed by atoms with Crippen molar-refractivity contribution in [3.63, 3.8) is 0 Å². The summed E-state index contributed by atoms with van der Waals surface area (Å²) in [5, 5.41) is 3.53. The molecular formula is C24H32N2O2. The van der Waals surface area contributed by atoms with Gasteiger partial charge in [-0.2, -0.15) is 0 Å². The van der Waals surface area contributed by atoms with Crippen LogP contribution in [0.25, 0.3) is 0 Å². The summed E-state index contributed by atoms with van der Waals surface area (Å²) < 4.78 is 5.72. The van der Waals surface area contributed by atoms with Crippen molar-refractivity contribution >= 4 is 5.91 Å². The van der Waals surface area contributed by atoms with Crippen molar-refractivity contribution in [1.29, 1.82) is 0 Å². The summed E-state index contributed by atoms with van der Waals surface area (Å²) in [7, 11) is 0. The Morgan fingerprint density at radius 3 is 2.14 bits per heavy atom. The molecule has 1 saturated heterocycles. The molecule has 2 aromatic rings. The number of carbonyl (C=O) groups excluding carboxylic acids is 1. The van der Waals surface area contributed by atoms with E-state index in [2.05, 4.69) is 38.2 Å². The first-order valence-electron chi connectivity index (χ1n) is 10.1. The van der Waals surface area contributed by atoms with E-state index < -0.39 is 0 Å².